The third-order valence-electron chi connectivity index (χ3n) is 4.99. The van der Waals surface area contributed by atoms with E-state index in [2.05, 4.69) is 25.3 Å². The van der Waals surface area contributed by atoms with Crippen LogP contribution in [0.4, 0.5) is 10.2 Å². The molecular weight excluding hydrogens is 411 g/mol. The van der Waals surface area contributed by atoms with Crippen molar-refractivity contribution in [1.82, 2.24) is 24.8 Å². The molecule has 0 radical (unpaired) electrons. The second-order valence-corrected chi connectivity index (χ2v) is 7.87. The van der Waals surface area contributed by atoms with Gasteiger partial charge in [-0.25, -0.2) is 19.3 Å². The van der Waals surface area contributed by atoms with Gasteiger partial charge in [0.05, 0.1) is 30.5 Å². The Balaban J connectivity index is 1.56. The highest BCUT2D eigenvalue weighted by molar-refractivity contribution is 6.31. The summed E-state index contributed by atoms with van der Waals surface area (Å²) in [5.41, 5.74) is 1.31. The number of morpholine rings is 1. The predicted octanol–water partition coefficient (Wildman–Crippen LogP) is 3.11. The monoisotopic (exact) mass is 432 g/mol. The summed E-state index contributed by atoms with van der Waals surface area (Å²) in [5.74, 6) is -0.239. The summed E-state index contributed by atoms with van der Waals surface area (Å²) < 4.78 is 19.9. The van der Waals surface area contributed by atoms with Crippen LogP contribution in [0.25, 0.3) is 22.4 Å². The number of aromatic nitrogens is 4. The van der Waals surface area contributed by atoms with Crippen LogP contribution in [0, 0.1) is 11.7 Å². The van der Waals surface area contributed by atoms with E-state index in [4.69, 9.17) is 16.3 Å². The lowest BCUT2D eigenvalue weighted by molar-refractivity contribution is -0.142. The van der Waals surface area contributed by atoms with Crippen LogP contribution in [0.1, 0.15) is 13.8 Å². The second kappa shape index (κ2) is 8.53. The Labute approximate surface area is 177 Å². The minimum absolute atomic E-state index is 0.0529. The van der Waals surface area contributed by atoms with E-state index in [1.807, 2.05) is 13.8 Å². The maximum Gasteiger partial charge on any atom is 0.225 e. The topological polar surface area (TPSA) is 96.0 Å². The molecular formula is C20H22ClFN6O2. The molecule has 30 heavy (non-hydrogen) atoms. The summed E-state index contributed by atoms with van der Waals surface area (Å²) in [6.07, 6.45) is 4.37. The molecule has 0 spiro atoms. The van der Waals surface area contributed by atoms with E-state index in [-0.39, 0.29) is 23.7 Å². The zero-order valence-electron chi connectivity index (χ0n) is 16.7. The van der Waals surface area contributed by atoms with Crippen LogP contribution in [-0.4, -0.2) is 63.1 Å². The Morgan fingerprint density at radius 3 is 3.07 bits per heavy atom. The van der Waals surface area contributed by atoms with Gasteiger partial charge in [0.15, 0.2) is 17.5 Å². The molecule has 0 saturated carbocycles. The van der Waals surface area contributed by atoms with Crippen LogP contribution >= 0.6 is 11.6 Å². The third-order valence-corrected chi connectivity index (χ3v) is 5.20. The van der Waals surface area contributed by atoms with Gasteiger partial charge in [-0.05, 0) is 6.07 Å². The summed E-state index contributed by atoms with van der Waals surface area (Å²) in [4.78, 5) is 30.0. The standard InChI is InChI=1S/C20H22ClFN6O2/c1-11(2)20(29)28-3-4-30-10-13(28)7-24-19-16(22)9-26-18(27-19)15-8-25-17-14(15)5-12(21)6-23-17/h5-6,8-9,11,13H,3-4,7,10H2,1-2H3,(H,23,25)(H,24,26,27). The van der Waals surface area contributed by atoms with E-state index in [0.29, 0.717) is 48.4 Å². The summed E-state index contributed by atoms with van der Waals surface area (Å²) in [6.45, 7) is 5.44. The SMILES string of the molecule is CC(C)C(=O)N1CCOCC1CNc1nc(-c2c[nH]c3ncc(Cl)cc23)ncc1F. The molecule has 1 amide bonds. The maximum absolute atomic E-state index is 14.4. The van der Waals surface area contributed by atoms with Crippen LogP contribution < -0.4 is 5.32 Å². The number of H-pyrrole nitrogens is 1. The molecule has 1 atom stereocenters. The lowest BCUT2D eigenvalue weighted by atomic mass is 10.1. The Hall–Kier alpha value is -2.78. The first-order valence-electron chi connectivity index (χ1n) is 9.71. The molecule has 10 heteroatoms. The van der Waals surface area contributed by atoms with Crippen LogP contribution in [-0.2, 0) is 9.53 Å². The quantitative estimate of drug-likeness (QED) is 0.643. The smallest absolute Gasteiger partial charge is 0.225 e. The van der Waals surface area contributed by atoms with E-state index in [9.17, 15) is 9.18 Å². The van der Waals surface area contributed by atoms with Crippen molar-refractivity contribution in [2.45, 2.75) is 19.9 Å². The summed E-state index contributed by atoms with van der Waals surface area (Å²) in [5, 5.41) is 4.24. The van der Waals surface area contributed by atoms with Crippen LogP contribution in [0.5, 0.6) is 0 Å². The van der Waals surface area contributed by atoms with Gasteiger partial charge in [-0.1, -0.05) is 25.4 Å². The Morgan fingerprint density at radius 2 is 2.27 bits per heavy atom. The van der Waals surface area contributed by atoms with Gasteiger partial charge >= 0.3 is 0 Å². The third kappa shape index (κ3) is 4.08. The molecule has 3 aromatic heterocycles. The molecule has 1 unspecified atom stereocenters. The summed E-state index contributed by atoms with van der Waals surface area (Å²) >= 11 is 6.06. The van der Waals surface area contributed by atoms with Crippen molar-refractivity contribution >= 4 is 34.4 Å². The molecule has 1 aliphatic rings. The van der Waals surface area contributed by atoms with Crippen LogP contribution in [0.3, 0.4) is 0 Å². The number of aromatic amines is 1. The molecule has 0 aromatic carbocycles. The van der Waals surface area contributed by atoms with Crippen molar-refractivity contribution < 1.29 is 13.9 Å². The summed E-state index contributed by atoms with van der Waals surface area (Å²) in [7, 11) is 0. The zero-order valence-corrected chi connectivity index (χ0v) is 17.4. The van der Waals surface area contributed by atoms with Crippen molar-refractivity contribution in [3.05, 3.63) is 35.5 Å². The molecule has 0 aliphatic carbocycles. The van der Waals surface area contributed by atoms with Gasteiger partial charge in [0.2, 0.25) is 5.91 Å². The maximum atomic E-state index is 14.4. The predicted molar refractivity (Wildman–Crippen MR) is 112 cm³/mol. The van der Waals surface area contributed by atoms with E-state index < -0.39 is 5.82 Å². The average molecular weight is 433 g/mol. The fraction of sp³-hybridized carbons (Fsp3) is 0.400. The van der Waals surface area contributed by atoms with Gasteiger partial charge in [0, 0.05) is 42.4 Å². The number of halogens is 2. The molecule has 2 N–H and O–H groups in total. The number of carbonyl (C=O) groups is 1. The van der Waals surface area contributed by atoms with Gasteiger partial charge in [-0.15, -0.1) is 0 Å². The van der Waals surface area contributed by atoms with Gasteiger partial charge < -0.3 is 19.9 Å². The second-order valence-electron chi connectivity index (χ2n) is 7.44. The van der Waals surface area contributed by atoms with Crippen molar-refractivity contribution in [2.24, 2.45) is 5.92 Å². The van der Waals surface area contributed by atoms with Crippen LogP contribution in [0.15, 0.2) is 24.7 Å². The number of amides is 1. The number of ether oxygens (including phenoxy) is 1. The first-order chi connectivity index (χ1) is 14.4. The van der Waals surface area contributed by atoms with Gasteiger partial charge in [0.25, 0.3) is 0 Å². The first kappa shape index (κ1) is 20.5. The number of fused-ring (bicyclic) bond motifs is 1. The highest BCUT2D eigenvalue weighted by atomic mass is 35.5. The van der Waals surface area contributed by atoms with Crippen molar-refractivity contribution in [3.8, 4) is 11.4 Å². The average Bonchev–Trinajstić information content (AvgIpc) is 3.16. The molecule has 1 saturated heterocycles. The number of hydrogen-bond donors (Lipinski definition) is 2. The molecule has 4 heterocycles. The fourth-order valence-electron chi connectivity index (χ4n) is 3.44. The van der Waals surface area contributed by atoms with E-state index in [1.54, 1.807) is 23.4 Å². The lowest BCUT2D eigenvalue weighted by Gasteiger charge is -2.36. The molecule has 1 aliphatic heterocycles. The van der Waals surface area contributed by atoms with Crippen molar-refractivity contribution in [3.63, 3.8) is 0 Å². The normalized spacial score (nSPS) is 17.0. The number of rotatable bonds is 5. The van der Waals surface area contributed by atoms with Gasteiger partial charge in [-0.2, -0.15) is 0 Å². The Kier molecular flexibility index (Phi) is 5.83. The van der Waals surface area contributed by atoms with E-state index >= 15 is 0 Å². The number of pyridine rings is 1. The van der Waals surface area contributed by atoms with Crippen molar-refractivity contribution in [2.75, 3.05) is 31.6 Å². The number of nitrogens with zero attached hydrogens (tertiary/aromatic N) is 4. The van der Waals surface area contributed by atoms with Gasteiger partial charge in [-0.3, -0.25) is 4.79 Å². The highest BCUT2D eigenvalue weighted by Crippen LogP contribution is 2.28. The number of anilines is 1. The highest BCUT2D eigenvalue weighted by Gasteiger charge is 2.29. The van der Waals surface area contributed by atoms with Crippen LogP contribution in [0.2, 0.25) is 5.02 Å². The van der Waals surface area contributed by atoms with E-state index in [1.165, 1.54) is 0 Å². The Bertz CT molecular complexity index is 1070. The molecule has 4 rings (SSSR count). The number of nitrogens with one attached hydrogen (secondary N) is 2. The number of hydrogen-bond acceptors (Lipinski definition) is 6. The fourth-order valence-corrected chi connectivity index (χ4v) is 3.60. The Morgan fingerprint density at radius 1 is 1.43 bits per heavy atom. The lowest BCUT2D eigenvalue weighted by Crippen LogP contribution is -2.53. The van der Waals surface area contributed by atoms with Crippen molar-refractivity contribution in [1.29, 1.82) is 0 Å². The molecule has 158 valence electrons. The minimum Gasteiger partial charge on any atom is -0.377 e. The van der Waals surface area contributed by atoms with E-state index in [0.717, 1.165) is 11.6 Å². The first-order valence-corrected chi connectivity index (χ1v) is 10.1. The minimum atomic E-state index is -0.576. The summed E-state index contributed by atoms with van der Waals surface area (Å²) in [6, 6.07) is 1.55. The molecule has 3 aromatic rings. The van der Waals surface area contributed by atoms with Gasteiger partial charge in [0.1, 0.15) is 5.65 Å². The number of carbonyl (C=O) groups excluding carboxylic acids is 1. The zero-order chi connectivity index (χ0) is 21.3. The largest absolute Gasteiger partial charge is 0.377 e. The molecule has 0 bridgehead atoms. The molecule has 8 nitrogen and oxygen atoms in total. The molecule has 1 fully saturated rings.